The van der Waals surface area contributed by atoms with Gasteiger partial charge in [0.15, 0.2) is 0 Å². The molecular formula is C10H20F2N2. The molecule has 0 radical (unpaired) electrons. The maximum atomic E-state index is 13.1. The molecule has 0 unspecified atom stereocenters. The predicted molar refractivity (Wildman–Crippen MR) is 53.7 cm³/mol. The third-order valence-corrected chi connectivity index (χ3v) is 2.73. The van der Waals surface area contributed by atoms with Gasteiger partial charge in [0.25, 0.3) is 5.92 Å². The SMILES string of the molecule is CNCC(F)(F)CN(C)CC1CCC1. The average Bonchev–Trinajstić information content (AvgIpc) is 1.95. The Labute approximate surface area is 84.7 Å². The minimum Gasteiger partial charge on any atom is -0.314 e. The minimum atomic E-state index is -2.60. The monoisotopic (exact) mass is 206 g/mol. The van der Waals surface area contributed by atoms with Crippen LogP contribution < -0.4 is 5.32 Å². The summed E-state index contributed by atoms with van der Waals surface area (Å²) < 4.78 is 26.3. The van der Waals surface area contributed by atoms with Crippen molar-refractivity contribution in [1.82, 2.24) is 10.2 Å². The van der Waals surface area contributed by atoms with Crippen molar-refractivity contribution in [3.63, 3.8) is 0 Å². The molecule has 0 aromatic rings. The second-order valence-electron chi connectivity index (χ2n) is 4.38. The summed E-state index contributed by atoms with van der Waals surface area (Å²) in [7, 11) is 3.34. The number of nitrogens with zero attached hydrogens (tertiary/aromatic N) is 1. The lowest BCUT2D eigenvalue weighted by Gasteiger charge is -2.31. The van der Waals surface area contributed by atoms with Crippen molar-refractivity contribution in [3.05, 3.63) is 0 Å². The van der Waals surface area contributed by atoms with Gasteiger partial charge in [-0.3, -0.25) is 0 Å². The highest BCUT2D eigenvalue weighted by molar-refractivity contribution is 4.77. The summed E-state index contributed by atoms with van der Waals surface area (Å²) in [5.41, 5.74) is 0. The number of rotatable bonds is 6. The van der Waals surface area contributed by atoms with Crippen LogP contribution in [0.15, 0.2) is 0 Å². The van der Waals surface area contributed by atoms with E-state index in [-0.39, 0.29) is 13.1 Å². The van der Waals surface area contributed by atoms with Gasteiger partial charge in [-0.2, -0.15) is 0 Å². The Morgan fingerprint density at radius 1 is 1.43 bits per heavy atom. The van der Waals surface area contributed by atoms with Crippen LogP contribution in [-0.2, 0) is 0 Å². The van der Waals surface area contributed by atoms with Crippen molar-refractivity contribution in [1.29, 1.82) is 0 Å². The standard InChI is InChI=1S/C10H20F2N2/c1-13-7-10(11,12)8-14(2)6-9-4-3-5-9/h9,13H,3-8H2,1-2H3. The fourth-order valence-electron chi connectivity index (χ4n) is 1.89. The van der Waals surface area contributed by atoms with Gasteiger partial charge in [-0.25, -0.2) is 8.78 Å². The lowest BCUT2D eigenvalue weighted by atomic mass is 9.85. The second kappa shape index (κ2) is 5.03. The first kappa shape index (κ1) is 11.9. The van der Waals surface area contributed by atoms with E-state index < -0.39 is 5.92 Å². The Balaban J connectivity index is 2.20. The van der Waals surface area contributed by atoms with Crippen molar-refractivity contribution in [3.8, 4) is 0 Å². The molecule has 1 saturated carbocycles. The zero-order valence-electron chi connectivity index (χ0n) is 9.02. The van der Waals surface area contributed by atoms with E-state index in [4.69, 9.17) is 0 Å². The Morgan fingerprint density at radius 2 is 2.07 bits per heavy atom. The Hall–Kier alpha value is -0.220. The lowest BCUT2D eigenvalue weighted by molar-refractivity contribution is -0.0281. The van der Waals surface area contributed by atoms with Crippen LogP contribution in [0, 0.1) is 5.92 Å². The summed E-state index contributed by atoms with van der Waals surface area (Å²) in [6, 6.07) is 0. The molecule has 1 fully saturated rings. The van der Waals surface area contributed by atoms with Crippen LogP contribution in [0.5, 0.6) is 0 Å². The van der Waals surface area contributed by atoms with Crippen LogP contribution in [-0.4, -0.2) is 44.6 Å². The zero-order valence-corrected chi connectivity index (χ0v) is 9.02. The number of alkyl halides is 2. The molecule has 1 rings (SSSR count). The highest BCUT2D eigenvalue weighted by atomic mass is 19.3. The second-order valence-corrected chi connectivity index (χ2v) is 4.38. The van der Waals surface area contributed by atoms with Gasteiger partial charge in [-0.15, -0.1) is 0 Å². The summed E-state index contributed by atoms with van der Waals surface area (Å²) >= 11 is 0. The molecule has 0 atom stereocenters. The highest BCUT2D eigenvalue weighted by Crippen LogP contribution is 2.27. The summed E-state index contributed by atoms with van der Waals surface area (Å²) in [5, 5.41) is 2.52. The van der Waals surface area contributed by atoms with Crippen LogP contribution in [0.1, 0.15) is 19.3 Å². The Kier molecular flexibility index (Phi) is 4.26. The molecule has 1 aliphatic carbocycles. The maximum Gasteiger partial charge on any atom is 0.272 e. The van der Waals surface area contributed by atoms with Crippen molar-refractivity contribution in [2.24, 2.45) is 5.92 Å². The molecule has 0 aliphatic heterocycles. The van der Waals surface area contributed by atoms with Crippen molar-refractivity contribution < 1.29 is 8.78 Å². The van der Waals surface area contributed by atoms with Gasteiger partial charge in [0.2, 0.25) is 0 Å². The highest BCUT2D eigenvalue weighted by Gasteiger charge is 2.30. The van der Waals surface area contributed by atoms with Crippen LogP contribution in [0.2, 0.25) is 0 Å². The van der Waals surface area contributed by atoms with E-state index in [0.717, 1.165) is 6.54 Å². The zero-order chi connectivity index (χ0) is 10.6. The molecule has 0 aromatic carbocycles. The van der Waals surface area contributed by atoms with Gasteiger partial charge in [-0.1, -0.05) is 6.42 Å². The fourth-order valence-corrected chi connectivity index (χ4v) is 1.89. The van der Waals surface area contributed by atoms with E-state index in [1.165, 1.54) is 19.3 Å². The van der Waals surface area contributed by atoms with Crippen LogP contribution in [0.4, 0.5) is 8.78 Å². The fraction of sp³-hybridized carbons (Fsp3) is 1.00. The van der Waals surface area contributed by atoms with E-state index in [0.29, 0.717) is 5.92 Å². The third kappa shape index (κ3) is 3.88. The van der Waals surface area contributed by atoms with E-state index in [2.05, 4.69) is 5.32 Å². The number of hydrogen-bond donors (Lipinski definition) is 1. The molecule has 84 valence electrons. The largest absolute Gasteiger partial charge is 0.314 e. The van der Waals surface area contributed by atoms with Crippen LogP contribution in [0.25, 0.3) is 0 Å². The topological polar surface area (TPSA) is 15.3 Å². The summed E-state index contributed by atoms with van der Waals surface area (Å²) in [4.78, 5) is 1.75. The van der Waals surface area contributed by atoms with Crippen molar-refractivity contribution in [2.45, 2.75) is 25.2 Å². The van der Waals surface area contributed by atoms with Crippen LogP contribution >= 0.6 is 0 Å². The van der Waals surface area contributed by atoms with E-state index >= 15 is 0 Å². The molecule has 0 saturated heterocycles. The molecule has 1 aliphatic rings. The molecule has 0 bridgehead atoms. The summed E-state index contributed by atoms with van der Waals surface area (Å²) in [5.74, 6) is -1.95. The minimum absolute atomic E-state index is 0.135. The predicted octanol–water partition coefficient (Wildman–Crippen LogP) is 1.57. The smallest absolute Gasteiger partial charge is 0.272 e. The lowest BCUT2D eigenvalue weighted by Crippen LogP contribution is -2.43. The quantitative estimate of drug-likeness (QED) is 0.709. The first-order valence-corrected chi connectivity index (χ1v) is 5.24. The molecule has 1 N–H and O–H groups in total. The van der Waals surface area contributed by atoms with Crippen molar-refractivity contribution in [2.75, 3.05) is 33.7 Å². The van der Waals surface area contributed by atoms with E-state index in [9.17, 15) is 8.78 Å². The summed E-state index contributed by atoms with van der Waals surface area (Å²) in [6.07, 6.45) is 3.69. The van der Waals surface area contributed by atoms with Gasteiger partial charge in [0.1, 0.15) is 0 Å². The van der Waals surface area contributed by atoms with Gasteiger partial charge in [0.05, 0.1) is 13.1 Å². The number of halogens is 2. The molecular weight excluding hydrogens is 186 g/mol. The van der Waals surface area contributed by atoms with Crippen LogP contribution in [0.3, 0.4) is 0 Å². The van der Waals surface area contributed by atoms with Gasteiger partial charge < -0.3 is 10.2 Å². The Morgan fingerprint density at radius 3 is 2.50 bits per heavy atom. The van der Waals surface area contributed by atoms with Gasteiger partial charge >= 0.3 is 0 Å². The summed E-state index contributed by atoms with van der Waals surface area (Å²) in [6.45, 7) is 0.450. The Bertz CT molecular complexity index is 170. The van der Waals surface area contributed by atoms with Crippen molar-refractivity contribution >= 4 is 0 Å². The van der Waals surface area contributed by atoms with E-state index in [1.807, 2.05) is 0 Å². The number of nitrogens with one attached hydrogen (secondary N) is 1. The normalized spacial score (nSPS) is 18.6. The van der Waals surface area contributed by atoms with E-state index in [1.54, 1.807) is 19.0 Å². The molecule has 0 heterocycles. The maximum absolute atomic E-state index is 13.1. The molecule has 0 aromatic heterocycles. The first-order chi connectivity index (χ1) is 6.53. The first-order valence-electron chi connectivity index (χ1n) is 5.24. The average molecular weight is 206 g/mol. The van der Waals surface area contributed by atoms with Gasteiger partial charge in [0, 0.05) is 6.54 Å². The number of hydrogen-bond acceptors (Lipinski definition) is 2. The molecule has 0 amide bonds. The third-order valence-electron chi connectivity index (χ3n) is 2.73. The van der Waals surface area contributed by atoms with Gasteiger partial charge in [-0.05, 0) is 32.9 Å². The molecule has 4 heteroatoms. The molecule has 14 heavy (non-hydrogen) atoms. The molecule has 0 spiro atoms. The molecule has 2 nitrogen and oxygen atoms in total.